The van der Waals surface area contributed by atoms with Crippen LogP contribution < -0.4 is 5.32 Å². The van der Waals surface area contributed by atoms with Gasteiger partial charge in [0.25, 0.3) is 0 Å². The van der Waals surface area contributed by atoms with E-state index in [0.29, 0.717) is 0 Å². The van der Waals surface area contributed by atoms with E-state index < -0.39 is 0 Å². The number of nitrogens with one attached hydrogen (secondary N) is 1. The third kappa shape index (κ3) is 3.65. The molecule has 3 heteroatoms. The molecule has 0 amide bonds. The molecule has 2 aromatic rings. The van der Waals surface area contributed by atoms with Gasteiger partial charge in [-0.15, -0.1) is 0 Å². The first kappa shape index (κ1) is 15.9. The average Bonchev–Trinajstić information content (AvgIpc) is 2.52. The summed E-state index contributed by atoms with van der Waals surface area (Å²) in [5, 5.41) is 3.39. The highest BCUT2D eigenvalue weighted by Gasteiger charge is 2.13. The SMILES string of the molecule is Cc1ccc(Sc2ccc(C)cc2C2=CCNCC2)c(Br)c1. The van der Waals surface area contributed by atoms with Crippen LogP contribution in [-0.4, -0.2) is 13.1 Å². The lowest BCUT2D eigenvalue weighted by Crippen LogP contribution is -2.20. The van der Waals surface area contributed by atoms with Crippen LogP contribution in [0.5, 0.6) is 0 Å². The second-order valence-corrected chi connectivity index (χ2v) is 7.66. The Balaban J connectivity index is 1.98. The first-order chi connectivity index (χ1) is 10.6. The number of halogens is 1. The van der Waals surface area contributed by atoms with Crippen LogP contribution in [0.25, 0.3) is 5.57 Å². The largest absolute Gasteiger partial charge is 0.313 e. The molecule has 0 spiro atoms. The lowest BCUT2D eigenvalue weighted by atomic mass is 9.99. The van der Waals surface area contributed by atoms with Crippen molar-refractivity contribution in [1.29, 1.82) is 0 Å². The van der Waals surface area contributed by atoms with Crippen molar-refractivity contribution in [3.63, 3.8) is 0 Å². The van der Waals surface area contributed by atoms with Crippen molar-refractivity contribution < 1.29 is 0 Å². The highest BCUT2D eigenvalue weighted by atomic mass is 79.9. The van der Waals surface area contributed by atoms with Gasteiger partial charge >= 0.3 is 0 Å². The zero-order chi connectivity index (χ0) is 15.5. The van der Waals surface area contributed by atoms with Crippen molar-refractivity contribution in [3.05, 3.63) is 63.6 Å². The van der Waals surface area contributed by atoms with Gasteiger partial charge in [-0.25, -0.2) is 0 Å². The molecule has 1 heterocycles. The van der Waals surface area contributed by atoms with Crippen LogP contribution in [0.15, 0.2) is 56.7 Å². The molecule has 1 aliphatic rings. The molecule has 0 aromatic heterocycles. The third-order valence-electron chi connectivity index (χ3n) is 3.85. The van der Waals surface area contributed by atoms with E-state index in [-0.39, 0.29) is 0 Å². The molecule has 1 nitrogen and oxygen atoms in total. The van der Waals surface area contributed by atoms with E-state index in [0.717, 1.165) is 19.5 Å². The Kier molecular flexibility index (Phi) is 5.07. The van der Waals surface area contributed by atoms with E-state index in [2.05, 4.69) is 77.6 Å². The number of hydrogen-bond donors (Lipinski definition) is 1. The van der Waals surface area contributed by atoms with E-state index >= 15 is 0 Å². The first-order valence-corrected chi connectivity index (χ1v) is 9.19. The first-order valence-electron chi connectivity index (χ1n) is 7.58. The molecule has 1 N–H and O–H groups in total. The molecule has 2 aromatic carbocycles. The highest BCUT2D eigenvalue weighted by Crippen LogP contribution is 2.39. The summed E-state index contributed by atoms with van der Waals surface area (Å²) < 4.78 is 1.17. The van der Waals surface area contributed by atoms with Crippen LogP contribution in [0.4, 0.5) is 0 Å². The molecule has 0 saturated heterocycles. The summed E-state index contributed by atoms with van der Waals surface area (Å²) in [6, 6.07) is 13.3. The van der Waals surface area contributed by atoms with Crippen molar-refractivity contribution in [2.45, 2.75) is 30.1 Å². The molecular formula is C19H20BrNS. The summed E-state index contributed by atoms with van der Waals surface area (Å²) in [6.07, 6.45) is 3.43. The Morgan fingerprint density at radius 2 is 1.73 bits per heavy atom. The zero-order valence-electron chi connectivity index (χ0n) is 12.9. The number of aryl methyl sites for hydroxylation is 2. The van der Waals surface area contributed by atoms with E-state index in [9.17, 15) is 0 Å². The summed E-state index contributed by atoms with van der Waals surface area (Å²) in [4.78, 5) is 2.61. The summed E-state index contributed by atoms with van der Waals surface area (Å²) in [5.41, 5.74) is 5.45. The van der Waals surface area contributed by atoms with Crippen LogP contribution in [0, 0.1) is 13.8 Å². The van der Waals surface area contributed by atoms with Gasteiger partial charge in [0.1, 0.15) is 0 Å². The van der Waals surface area contributed by atoms with E-state index in [1.807, 2.05) is 11.8 Å². The number of benzene rings is 2. The van der Waals surface area contributed by atoms with Gasteiger partial charge in [0, 0.05) is 20.8 Å². The topological polar surface area (TPSA) is 12.0 Å². The molecule has 0 fully saturated rings. The van der Waals surface area contributed by atoms with Gasteiger partial charge in [-0.2, -0.15) is 0 Å². The third-order valence-corrected chi connectivity index (χ3v) is 5.92. The summed E-state index contributed by atoms with van der Waals surface area (Å²) in [6.45, 7) is 6.33. The van der Waals surface area contributed by atoms with Gasteiger partial charge in [-0.05, 0) is 77.6 Å². The van der Waals surface area contributed by atoms with E-state index in [1.165, 1.54) is 36.5 Å². The summed E-state index contributed by atoms with van der Waals surface area (Å²) in [5.74, 6) is 0. The Hall–Kier alpha value is -1.03. The minimum absolute atomic E-state index is 0.974. The van der Waals surface area contributed by atoms with Crippen LogP contribution in [-0.2, 0) is 0 Å². The molecule has 0 aliphatic carbocycles. The lowest BCUT2D eigenvalue weighted by molar-refractivity contribution is 0.737. The summed E-state index contributed by atoms with van der Waals surface area (Å²) >= 11 is 5.54. The van der Waals surface area contributed by atoms with Crippen molar-refractivity contribution in [1.82, 2.24) is 5.32 Å². The Labute approximate surface area is 145 Å². The average molecular weight is 374 g/mol. The van der Waals surface area contributed by atoms with Crippen LogP contribution in [0.1, 0.15) is 23.1 Å². The lowest BCUT2D eigenvalue weighted by Gasteiger charge is -2.18. The maximum absolute atomic E-state index is 3.69. The minimum atomic E-state index is 0.974. The van der Waals surface area contributed by atoms with Gasteiger partial charge in [0.15, 0.2) is 0 Å². The van der Waals surface area contributed by atoms with Crippen molar-refractivity contribution in [2.24, 2.45) is 0 Å². The Morgan fingerprint density at radius 3 is 2.41 bits per heavy atom. The van der Waals surface area contributed by atoms with Crippen LogP contribution in [0.2, 0.25) is 0 Å². The smallest absolute Gasteiger partial charge is 0.0317 e. The van der Waals surface area contributed by atoms with Crippen molar-refractivity contribution in [2.75, 3.05) is 13.1 Å². The van der Waals surface area contributed by atoms with Crippen LogP contribution >= 0.6 is 27.7 Å². The fourth-order valence-electron chi connectivity index (χ4n) is 2.66. The van der Waals surface area contributed by atoms with Crippen molar-refractivity contribution >= 4 is 33.3 Å². The Bertz CT molecular complexity index is 721. The van der Waals surface area contributed by atoms with Gasteiger partial charge in [0.05, 0.1) is 0 Å². The monoisotopic (exact) mass is 373 g/mol. The van der Waals surface area contributed by atoms with Crippen molar-refractivity contribution in [3.8, 4) is 0 Å². The number of hydrogen-bond acceptors (Lipinski definition) is 2. The van der Waals surface area contributed by atoms with E-state index in [4.69, 9.17) is 0 Å². The molecule has 22 heavy (non-hydrogen) atoms. The van der Waals surface area contributed by atoms with Gasteiger partial charge < -0.3 is 5.32 Å². The molecule has 0 atom stereocenters. The molecule has 0 unspecified atom stereocenters. The molecule has 0 radical (unpaired) electrons. The predicted octanol–water partition coefficient (Wildman–Crippen LogP) is 5.59. The van der Waals surface area contributed by atoms with Gasteiger partial charge in [-0.3, -0.25) is 0 Å². The maximum atomic E-state index is 3.69. The molecule has 1 aliphatic heterocycles. The molecule has 0 saturated carbocycles. The zero-order valence-corrected chi connectivity index (χ0v) is 15.4. The van der Waals surface area contributed by atoms with E-state index in [1.54, 1.807) is 0 Å². The number of rotatable bonds is 3. The fourth-order valence-corrected chi connectivity index (χ4v) is 4.36. The minimum Gasteiger partial charge on any atom is -0.313 e. The Morgan fingerprint density at radius 1 is 1.00 bits per heavy atom. The second-order valence-electron chi connectivity index (χ2n) is 5.72. The molecule has 114 valence electrons. The molecule has 0 bridgehead atoms. The second kappa shape index (κ2) is 7.03. The predicted molar refractivity (Wildman–Crippen MR) is 99.6 cm³/mol. The summed E-state index contributed by atoms with van der Waals surface area (Å²) in [7, 11) is 0. The highest BCUT2D eigenvalue weighted by molar-refractivity contribution is 9.10. The standard InChI is InChI=1S/C19H20BrNS/c1-13-3-5-18(16(11-13)15-7-9-21-10-8-15)22-19-6-4-14(2)12-17(19)20/h3-7,11-12,21H,8-10H2,1-2H3. The quantitative estimate of drug-likeness (QED) is 0.751. The van der Waals surface area contributed by atoms with Gasteiger partial charge in [-0.1, -0.05) is 41.6 Å². The molecule has 3 rings (SSSR count). The van der Waals surface area contributed by atoms with Gasteiger partial charge in [0.2, 0.25) is 0 Å². The normalized spacial score (nSPS) is 14.8. The van der Waals surface area contributed by atoms with Crippen LogP contribution in [0.3, 0.4) is 0 Å². The maximum Gasteiger partial charge on any atom is 0.0317 e. The fraction of sp³-hybridized carbons (Fsp3) is 0.263. The molecular weight excluding hydrogens is 354 g/mol.